The number of para-hydroxylation sites is 2. The van der Waals surface area contributed by atoms with E-state index in [0.29, 0.717) is 31.7 Å². The van der Waals surface area contributed by atoms with E-state index in [1.165, 1.54) is 0 Å². The summed E-state index contributed by atoms with van der Waals surface area (Å²) in [6.07, 6.45) is 2.81. The van der Waals surface area contributed by atoms with Gasteiger partial charge in [-0.15, -0.1) is 0 Å². The van der Waals surface area contributed by atoms with Crippen molar-refractivity contribution in [1.29, 1.82) is 0 Å². The van der Waals surface area contributed by atoms with Crippen molar-refractivity contribution < 1.29 is 19.1 Å². The Morgan fingerprint density at radius 3 is 2.30 bits per heavy atom. The number of anilines is 2. The molecule has 0 aromatic heterocycles. The van der Waals surface area contributed by atoms with Gasteiger partial charge in [-0.25, -0.2) is 4.79 Å². The van der Waals surface area contributed by atoms with Crippen LogP contribution in [0.2, 0.25) is 0 Å². The van der Waals surface area contributed by atoms with E-state index in [9.17, 15) is 14.4 Å². The first kappa shape index (κ1) is 29.9. The van der Waals surface area contributed by atoms with E-state index in [-0.39, 0.29) is 17.8 Å². The lowest BCUT2D eigenvalue weighted by Crippen LogP contribution is -2.56. The second kappa shape index (κ2) is 12.1. The molecule has 2 saturated heterocycles. The van der Waals surface area contributed by atoms with Crippen LogP contribution in [0, 0.1) is 0 Å². The van der Waals surface area contributed by atoms with Gasteiger partial charge in [0.25, 0.3) is 0 Å². The highest BCUT2D eigenvalue weighted by Crippen LogP contribution is 2.40. The Morgan fingerprint density at radius 2 is 1.55 bits per heavy atom. The number of carbonyl (C=O) groups is 3. The summed E-state index contributed by atoms with van der Waals surface area (Å²) >= 11 is 0. The van der Waals surface area contributed by atoms with Crippen molar-refractivity contribution >= 4 is 29.2 Å². The molecule has 2 fully saturated rings. The number of benzene rings is 3. The van der Waals surface area contributed by atoms with E-state index in [1.807, 2.05) is 91.2 Å². The maximum atomic E-state index is 14.3. The Labute approximate surface area is 260 Å². The van der Waals surface area contributed by atoms with Crippen LogP contribution in [0.15, 0.2) is 78.9 Å². The summed E-state index contributed by atoms with van der Waals surface area (Å²) < 4.78 is 5.68. The molecule has 0 saturated carbocycles. The average Bonchev–Trinajstić information content (AvgIpc) is 3.46. The first-order valence-corrected chi connectivity index (χ1v) is 15.7. The summed E-state index contributed by atoms with van der Waals surface area (Å²) in [5.41, 5.74) is 3.22. The van der Waals surface area contributed by atoms with Gasteiger partial charge in [-0.3, -0.25) is 9.59 Å². The third-order valence-electron chi connectivity index (χ3n) is 9.04. The van der Waals surface area contributed by atoms with Crippen LogP contribution in [0.1, 0.15) is 61.5 Å². The molecule has 0 bridgehead atoms. The normalized spacial score (nSPS) is 18.3. The predicted octanol–water partition coefficient (Wildman–Crippen LogP) is 5.26. The van der Waals surface area contributed by atoms with Gasteiger partial charge in [-0.1, -0.05) is 54.6 Å². The zero-order chi connectivity index (χ0) is 30.9. The van der Waals surface area contributed by atoms with Gasteiger partial charge in [-0.2, -0.15) is 0 Å². The second-order valence-corrected chi connectivity index (χ2v) is 13.1. The van der Waals surface area contributed by atoms with Gasteiger partial charge in [0.2, 0.25) is 11.8 Å². The number of carbonyl (C=O) groups excluding carboxylic acids is 3. The fraction of sp³-hybridized carbons (Fsp3) is 0.417. The van der Waals surface area contributed by atoms with Gasteiger partial charge < -0.3 is 24.3 Å². The quantitative estimate of drug-likeness (QED) is 0.331. The number of fused-ring (bicyclic) bond motifs is 1. The number of ether oxygens (including phenoxy) is 1. The molecule has 0 unspecified atom stereocenters. The first-order chi connectivity index (χ1) is 21.1. The minimum absolute atomic E-state index is 0.110. The largest absolute Gasteiger partial charge is 0.456 e. The Balaban J connectivity index is 1.14. The number of nitrogens with zero attached hydrogens (tertiary/aromatic N) is 4. The molecular weight excluding hydrogens is 552 g/mol. The zero-order valence-corrected chi connectivity index (χ0v) is 26.0. The van der Waals surface area contributed by atoms with Gasteiger partial charge in [0.05, 0.1) is 18.7 Å². The van der Waals surface area contributed by atoms with E-state index in [4.69, 9.17) is 4.74 Å². The molecule has 3 aliphatic heterocycles. The molecule has 8 heteroatoms. The molecule has 44 heavy (non-hydrogen) atoms. The highest BCUT2D eigenvalue weighted by Gasteiger charge is 2.53. The Morgan fingerprint density at radius 1 is 0.864 bits per heavy atom. The fourth-order valence-electron chi connectivity index (χ4n) is 6.88. The van der Waals surface area contributed by atoms with Crippen molar-refractivity contribution in [3.8, 4) is 0 Å². The highest BCUT2D eigenvalue weighted by atomic mass is 16.6. The van der Waals surface area contributed by atoms with Crippen LogP contribution in [0.25, 0.3) is 0 Å². The topological polar surface area (TPSA) is 73.4 Å². The van der Waals surface area contributed by atoms with Crippen LogP contribution >= 0.6 is 0 Å². The van der Waals surface area contributed by atoms with E-state index in [1.54, 1.807) is 6.07 Å². The molecule has 0 aliphatic carbocycles. The van der Waals surface area contributed by atoms with E-state index >= 15 is 0 Å². The van der Waals surface area contributed by atoms with E-state index < -0.39 is 11.1 Å². The number of amides is 2. The van der Waals surface area contributed by atoms with E-state index in [2.05, 4.69) is 21.9 Å². The lowest BCUT2D eigenvalue weighted by atomic mass is 9.85. The summed E-state index contributed by atoms with van der Waals surface area (Å²) in [4.78, 5) is 48.5. The van der Waals surface area contributed by atoms with Gasteiger partial charge >= 0.3 is 5.97 Å². The monoisotopic (exact) mass is 594 g/mol. The second-order valence-electron chi connectivity index (χ2n) is 13.1. The molecular formula is C36H42N4O4. The molecule has 0 atom stereocenters. The number of hydrogen-bond acceptors (Lipinski definition) is 6. The van der Waals surface area contributed by atoms with Gasteiger partial charge in [0, 0.05) is 37.6 Å². The molecule has 3 aromatic carbocycles. The number of likely N-dealkylation sites (tertiary alicyclic amines) is 1. The van der Waals surface area contributed by atoms with Crippen LogP contribution < -0.4 is 9.80 Å². The highest BCUT2D eigenvalue weighted by molar-refractivity contribution is 6.01. The summed E-state index contributed by atoms with van der Waals surface area (Å²) in [5.74, 6) is -0.0896. The first-order valence-electron chi connectivity index (χ1n) is 15.7. The minimum atomic E-state index is -0.636. The van der Waals surface area contributed by atoms with Crippen molar-refractivity contribution in [2.45, 2.75) is 64.1 Å². The van der Waals surface area contributed by atoms with Gasteiger partial charge in [-0.05, 0) is 82.0 Å². The molecule has 3 aromatic rings. The molecule has 3 aliphatic rings. The summed E-state index contributed by atoms with van der Waals surface area (Å²) in [7, 11) is 0. The number of hydrogen-bond donors (Lipinski definition) is 0. The summed E-state index contributed by atoms with van der Waals surface area (Å²) in [5, 5.41) is 0. The van der Waals surface area contributed by atoms with E-state index in [0.717, 1.165) is 61.4 Å². The summed E-state index contributed by atoms with van der Waals surface area (Å²) in [6.45, 7) is 9.58. The SMILES string of the molecule is CC(C)(C)OC(=O)c1ccccc1CN1CN(c2ccccc2)C2(CCN(CCCN3C(=O)Cc4ccccc43)CC2)C1=O. The predicted molar refractivity (Wildman–Crippen MR) is 171 cm³/mol. The third kappa shape index (κ3) is 5.95. The molecule has 2 amide bonds. The molecule has 6 rings (SSSR count). The zero-order valence-electron chi connectivity index (χ0n) is 26.0. The maximum absolute atomic E-state index is 14.3. The number of piperidine rings is 1. The number of rotatable bonds is 8. The van der Waals surface area contributed by atoms with Crippen LogP contribution in [-0.4, -0.2) is 71.6 Å². The van der Waals surface area contributed by atoms with Gasteiger partial charge in [0.1, 0.15) is 11.1 Å². The molecule has 0 radical (unpaired) electrons. The molecule has 0 N–H and O–H groups in total. The van der Waals surface area contributed by atoms with Crippen LogP contribution in [0.4, 0.5) is 11.4 Å². The van der Waals surface area contributed by atoms with Crippen molar-refractivity contribution in [3.05, 3.63) is 95.6 Å². The molecule has 8 nitrogen and oxygen atoms in total. The lowest BCUT2D eigenvalue weighted by molar-refractivity contribution is -0.134. The van der Waals surface area contributed by atoms with Crippen molar-refractivity contribution in [2.24, 2.45) is 0 Å². The fourth-order valence-corrected chi connectivity index (χ4v) is 6.88. The van der Waals surface area contributed by atoms with Crippen molar-refractivity contribution in [3.63, 3.8) is 0 Å². The van der Waals surface area contributed by atoms with Crippen molar-refractivity contribution in [1.82, 2.24) is 9.80 Å². The maximum Gasteiger partial charge on any atom is 0.338 e. The smallest absolute Gasteiger partial charge is 0.338 e. The van der Waals surface area contributed by atoms with Crippen LogP contribution in [0.3, 0.4) is 0 Å². The molecule has 3 heterocycles. The number of esters is 1. The minimum Gasteiger partial charge on any atom is -0.456 e. The Bertz CT molecular complexity index is 1520. The molecule has 230 valence electrons. The Kier molecular flexibility index (Phi) is 8.20. The molecule has 1 spiro atoms. The average molecular weight is 595 g/mol. The van der Waals surface area contributed by atoms with Crippen LogP contribution in [0.5, 0.6) is 0 Å². The Hall–Kier alpha value is -4.17. The standard InChI is InChI=1S/C36H42N4O4/c1-35(2,3)44-33(42)30-16-9-7-13-28(30)25-38-26-40(29-14-5-4-6-15-29)36(34(38)43)18-22-37(23-19-36)20-11-21-39-31-17-10-8-12-27(31)24-32(39)41/h4-10,12-17H,11,18-26H2,1-3H3. The third-order valence-corrected chi connectivity index (χ3v) is 9.04. The lowest BCUT2D eigenvalue weighted by Gasteiger charge is -2.43. The van der Waals surface area contributed by atoms with Crippen molar-refractivity contribution in [2.75, 3.05) is 42.6 Å². The summed E-state index contributed by atoms with van der Waals surface area (Å²) in [6, 6.07) is 25.7. The van der Waals surface area contributed by atoms with Crippen LogP contribution in [-0.2, 0) is 27.3 Å². The van der Waals surface area contributed by atoms with Gasteiger partial charge in [0.15, 0.2) is 0 Å².